The van der Waals surface area contributed by atoms with Crippen molar-refractivity contribution in [1.82, 2.24) is 9.88 Å². The van der Waals surface area contributed by atoms with Gasteiger partial charge in [0.15, 0.2) is 0 Å². The highest BCUT2D eigenvalue weighted by atomic mass is 19.1. The van der Waals surface area contributed by atoms with Crippen molar-refractivity contribution in [2.45, 2.75) is 26.3 Å². The fraction of sp³-hybridized carbons (Fsp3) is 0.429. The first-order valence-corrected chi connectivity index (χ1v) is 9.54. The van der Waals surface area contributed by atoms with Crippen molar-refractivity contribution in [3.05, 3.63) is 54.5 Å². The standard InChI is InChI=1S/C21H27FN4O/c1-3-21(27)26(20-6-4-5-11-23-20)16-17(2)24-12-14-25(15-13-24)19-9-7-18(22)8-10-19/h4-11,17H,3,12-16H2,1-2H3. The summed E-state index contributed by atoms with van der Waals surface area (Å²) < 4.78 is 13.1. The van der Waals surface area contributed by atoms with Crippen LogP contribution < -0.4 is 9.80 Å². The van der Waals surface area contributed by atoms with Crippen molar-refractivity contribution in [3.8, 4) is 0 Å². The van der Waals surface area contributed by atoms with Gasteiger partial charge in [0.05, 0.1) is 0 Å². The van der Waals surface area contributed by atoms with Crippen LogP contribution in [0.15, 0.2) is 48.7 Å². The lowest BCUT2D eigenvalue weighted by Gasteiger charge is -2.40. The highest BCUT2D eigenvalue weighted by Gasteiger charge is 2.25. The molecule has 1 fully saturated rings. The summed E-state index contributed by atoms with van der Waals surface area (Å²) in [6, 6.07) is 12.6. The number of anilines is 2. The van der Waals surface area contributed by atoms with Crippen molar-refractivity contribution in [3.63, 3.8) is 0 Å². The molecule has 2 aromatic rings. The minimum Gasteiger partial charge on any atom is -0.369 e. The van der Waals surface area contributed by atoms with E-state index >= 15 is 0 Å². The Hall–Kier alpha value is -2.47. The van der Waals surface area contributed by atoms with Crippen LogP contribution in [0.3, 0.4) is 0 Å². The number of amides is 1. The van der Waals surface area contributed by atoms with E-state index in [4.69, 9.17) is 0 Å². The van der Waals surface area contributed by atoms with E-state index in [0.717, 1.165) is 31.9 Å². The first-order valence-electron chi connectivity index (χ1n) is 9.54. The van der Waals surface area contributed by atoms with Crippen LogP contribution in [0.5, 0.6) is 0 Å². The van der Waals surface area contributed by atoms with Crippen molar-refractivity contribution in [1.29, 1.82) is 0 Å². The molecular weight excluding hydrogens is 343 g/mol. The number of nitrogens with zero attached hydrogens (tertiary/aromatic N) is 4. The lowest BCUT2D eigenvalue weighted by atomic mass is 10.2. The van der Waals surface area contributed by atoms with Crippen molar-refractivity contribution in [2.75, 3.05) is 42.5 Å². The number of hydrogen-bond acceptors (Lipinski definition) is 4. The summed E-state index contributed by atoms with van der Waals surface area (Å²) >= 11 is 0. The molecule has 6 heteroatoms. The van der Waals surface area contributed by atoms with Gasteiger partial charge in [-0.3, -0.25) is 14.6 Å². The Bertz CT molecular complexity index is 730. The number of halogens is 1. The highest BCUT2D eigenvalue weighted by molar-refractivity contribution is 5.92. The van der Waals surface area contributed by atoms with Crippen LogP contribution in [0, 0.1) is 5.82 Å². The van der Waals surface area contributed by atoms with Gasteiger partial charge in [-0.05, 0) is 43.3 Å². The first-order chi connectivity index (χ1) is 13.1. The molecule has 0 radical (unpaired) electrons. The molecule has 1 aromatic heterocycles. The van der Waals surface area contributed by atoms with Crippen LogP contribution in [-0.2, 0) is 4.79 Å². The van der Waals surface area contributed by atoms with Crippen molar-refractivity contribution < 1.29 is 9.18 Å². The fourth-order valence-electron chi connectivity index (χ4n) is 3.48. The van der Waals surface area contributed by atoms with E-state index in [0.29, 0.717) is 18.8 Å². The molecule has 1 amide bonds. The maximum atomic E-state index is 13.1. The first kappa shape index (κ1) is 19.3. The van der Waals surface area contributed by atoms with Gasteiger partial charge in [-0.25, -0.2) is 9.37 Å². The second-order valence-corrected chi connectivity index (χ2v) is 6.89. The second-order valence-electron chi connectivity index (χ2n) is 6.89. The minimum atomic E-state index is -0.207. The van der Waals surface area contributed by atoms with E-state index < -0.39 is 0 Å². The van der Waals surface area contributed by atoms with Crippen LogP contribution in [-0.4, -0.2) is 54.6 Å². The van der Waals surface area contributed by atoms with Crippen LogP contribution in [0.4, 0.5) is 15.9 Å². The topological polar surface area (TPSA) is 39.7 Å². The van der Waals surface area contributed by atoms with E-state index in [9.17, 15) is 9.18 Å². The van der Waals surface area contributed by atoms with E-state index in [1.807, 2.05) is 37.3 Å². The Morgan fingerprint density at radius 1 is 1.15 bits per heavy atom. The lowest BCUT2D eigenvalue weighted by Crippen LogP contribution is -2.53. The largest absolute Gasteiger partial charge is 0.369 e. The zero-order valence-electron chi connectivity index (χ0n) is 16.0. The van der Waals surface area contributed by atoms with Gasteiger partial charge in [0.25, 0.3) is 0 Å². The normalized spacial score (nSPS) is 16.2. The summed E-state index contributed by atoms with van der Waals surface area (Å²) in [5, 5.41) is 0. The van der Waals surface area contributed by atoms with Gasteiger partial charge in [0, 0.05) is 57.1 Å². The average molecular weight is 370 g/mol. The number of carbonyl (C=O) groups is 1. The molecule has 1 aliphatic heterocycles. The summed E-state index contributed by atoms with van der Waals surface area (Å²) in [6.07, 6.45) is 2.18. The molecule has 144 valence electrons. The molecule has 1 saturated heterocycles. The van der Waals surface area contributed by atoms with Crippen LogP contribution >= 0.6 is 0 Å². The Morgan fingerprint density at radius 2 is 1.85 bits per heavy atom. The molecular formula is C21H27FN4O. The Labute approximate surface area is 160 Å². The third-order valence-electron chi connectivity index (χ3n) is 5.11. The SMILES string of the molecule is CCC(=O)N(CC(C)N1CCN(c2ccc(F)cc2)CC1)c1ccccn1. The van der Waals surface area contributed by atoms with E-state index in [-0.39, 0.29) is 17.8 Å². The molecule has 1 aromatic carbocycles. The minimum absolute atomic E-state index is 0.0884. The lowest BCUT2D eigenvalue weighted by molar-refractivity contribution is -0.118. The zero-order chi connectivity index (χ0) is 19.2. The van der Waals surface area contributed by atoms with E-state index in [2.05, 4.69) is 21.7 Å². The van der Waals surface area contributed by atoms with Gasteiger partial charge in [-0.1, -0.05) is 13.0 Å². The maximum absolute atomic E-state index is 13.1. The van der Waals surface area contributed by atoms with Gasteiger partial charge < -0.3 is 4.90 Å². The third-order valence-corrected chi connectivity index (χ3v) is 5.11. The monoisotopic (exact) mass is 370 g/mol. The second kappa shape index (κ2) is 8.95. The number of pyridine rings is 1. The molecule has 27 heavy (non-hydrogen) atoms. The number of hydrogen-bond donors (Lipinski definition) is 0. The average Bonchev–Trinajstić information content (AvgIpc) is 2.72. The molecule has 0 bridgehead atoms. The van der Waals surface area contributed by atoms with E-state index in [1.165, 1.54) is 12.1 Å². The fourth-order valence-corrected chi connectivity index (χ4v) is 3.48. The summed E-state index contributed by atoms with van der Waals surface area (Å²) in [6.45, 7) is 8.27. The molecule has 1 atom stereocenters. The predicted molar refractivity (Wildman–Crippen MR) is 107 cm³/mol. The predicted octanol–water partition coefficient (Wildman–Crippen LogP) is 3.17. The van der Waals surface area contributed by atoms with Gasteiger partial charge in [0.1, 0.15) is 11.6 Å². The number of rotatable bonds is 6. The van der Waals surface area contributed by atoms with Gasteiger partial charge in [-0.2, -0.15) is 0 Å². The Balaban J connectivity index is 1.60. The molecule has 1 unspecified atom stereocenters. The molecule has 1 aliphatic rings. The van der Waals surface area contributed by atoms with Crippen molar-refractivity contribution in [2.24, 2.45) is 0 Å². The van der Waals surface area contributed by atoms with Crippen LogP contribution in [0.25, 0.3) is 0 Å². The summed E-state index contributed by atoms with van der Waals surface area (Å²) in [4.78, 5) is 23.2. The number of piperazine rings is 1. The quantitative estimate of drug-likeness (QED) is 0.783. The number of benzene rings is 1. The molecule has 0 saturated carbocycles. The van der Waals surface area contributed by atoms with Crippen LogP contribution in [0.1, 0.15) is 20.3 Å². The Kier molecular flexibility index (Phi) is 6.40. The molecule has 5 nitrogen and oxygen atoms in total. The van der Waals surface area contributed by atoms with E-state index in [1.54, 1.807) is 11.1 Å². The number of carbonyl (C=O) groups excluding carboxylic acids is 1. The number of aromatic nitrogens is 1. The molecule has 2 heterocycles. The summed E-state index contributed by atoms with van der Waals surface area (Å²) in [5.74, 6) is 0.591. The molecule has 0 spiro atoms. The van der Waals surface area contributed by atoms with Crippen LogP contribution in [0.2, 0.25) is 0 Å². The molecule has 3 rings (SSSR count). The van der Waals surface area contributed by atoms with Gasteiger partial charge in [-0.15, -0.1) is 0 Å². The molecule has 0 N–H and O–H groups in total. The third kappa shape index (κ3) is 4.83. The summed E-state index contributed by atoms with van der Waals surface area (Å²) in [5.41, 5.74) is 1.06. The smallest absolute Gasteiger partial charge is 0.227 e. The maximum Gasteiger partial charge on any atom is 0.227 e. The van der Waals surface area contributed by atoms with Crippen molar-refractivity contribution >= 4 is 17.4 Å². The summed E-state index contributed by atoms with van der Waals surface area (Å²) in [7, 11) is 0. The zero-order valence-corrected chi connectivity index (χ0v) is 16.0. The highest BCUT2D eigenvalue weighted by Crippen LogP contribution is 2.19. The Morgan fingerprint density at radius 3 is 2.44 bits per heavy atom. The molecule has 0 aliphatic carbocycles. The van der Waals surface area contributed by atoms with Gasteiger partial charge >= 0.3 is 0 Å². The van der Waals surface area contributed by atoms with Gasteiger partial charge in [0.2, 0.25) is 5.91 Å².